The van der Waals surface area contributed by atoms with Crippen LogP contribution in [0.5, 0.6) is 11.5 Å². The number of aliphatic imine (C=N–C) groups is 1. The quantitative estimate of drug-likeness (QED) is 0.321. The van der Waals surface area contributed by atoms with Crippen LogP contribution in [0.25, 0.3) is 6.08 Å². The predicted molar refractivity (Wildman–Crippen MR) is 144 cm³/mol. The van der Waals surface area contributed by atoms with Crippen molar-refractivity contribution in [3.05, 3.63) is 94.9 Å². The number of ether oxygens (including phenoxy) is 2. The summed E-state index contributed by atoms with van der Waals surface area (Å²) in [6.07, 6.45) is 2.65. The molecule has 35 heavy (non-hydrogen) atoms. The second kappa shape index (κ2) is 11.8. The smallest absolute Gasteiger partial charge is 0.266 e. The van der Waals surface area contributed by atoms with E-state index in [1.807, 2.05) is 72.8 Å². The molecule has 1 amide bonds. The second-order valence-electron chi connectivity index (χ2n) is 8.65. The Balaban J connectivity index is 1.60. The molecule has 0 spiro atoms. The van der Waals surface area contributed by atoms with Crippen LogP contribution >= 0.6 is 11.8 Å². The van der Waals surface area contributed by atoms with Gasteiger partial charge in [-0.3, -0.25) is 9.69 Å². The average Bonchev–Trinajstić information content (AvgIpc) is 3.16. The van der Waals surface area contributed by atoms with Gasteiger partial charge in [0.25, 0.3) is 5.91 Å². The summed E-state index contributed by atoms with van der Waals surface area (Å²) >= 11 is 1.40. The molecule has 0 aliphatic carbocycles. The number of carbonyl (C=O) groups excluding carboxylic acids is 1. The summed E-state index contributed by atoms with van der Waals surface area (Å²) in [7, 11) is 1.62. The molecular weight excluding hydrogens is 456 g/mol. The first-order valence-corrected chi connectivity index (χ1v) is 12.5. The zero-order valence-corrected chi connectivity index (χ0v) is 21.1. The normalized spacial score (nSPS) is 15.9. The lowest BCUT2D eigenvalue weighted by Crippen LogP contribution is -2.31. The average molecular weight is 487 g/mol. The molecule has 3 aromatic carbocycles. The molecule has 0 unspecified atom stereocenters. The van der Waals surface area contributed by atoms with Crippen LogP contribution in [0.15, 0.2) is 88.8 Å². The first kappa shape index (κ1) is 24.6. The molecule has 0 N–H and O–H groups in total. The molecule has 0 aromatic heterocycles. The summed E-state index contributed by atoms with van der Waals surface area (Å²) in [6.45, 7) is 5.38. The van der Waals surface area contributed by atoms with Crippen molar-refractivity contribution in [3.63, 3.8) is 0 Å². The number of rotatable bonds is 9. The highest BCUT2D eigenvalue weighted by molar-refractivity contribution is 8.18. The fourth-order valence-electron chi connectivity index (χ4n) is 3.59. The van der Waals surface area contributed by atoms with Crippen LogP contribution in [0.3, 0.4) is 0 Å². The molecule has 180 valence electrons. The zero-order chi connectivity index (χ0) is 24.6. The van der Waals surface area contributed by atoms with Gasteiger partial charge in [-0.1, -0.05) is 68.4 Å². The van der Waals surface area contributed by atoms with Gasteiger partial charge in [0.15, 0.2) is 16.7 Å². The van der Waals surface area contributed by atoms with Crippen molar-refractivity contribution >= 4 is 34.6 Å². The summed E-state index contributed by atoms with van der Waals surface area (Å²) in [5.74, 6) is 1.72. The number of thioether (sulfide) groups is 1. The number of benzene rings is 3. The van der Waals surface area contributed by atoms with Gasteiger partial charge < -0.3 is 9.47 Å². The maximum Gasteiger partial charge on any atom is 0.266 e. The molecule has 1 fully saturated rings. The van der Waals surface area contributed by atoms with Gasteiger partial charge in [0.05, 0.1) is 24.3 Å². The van der Waals surface area contributed by atoms with Gasteiger partial charge in [0.1, 0.15) is 0 Å². The van der Waals surface area contributed by atoms with Crippen LogP contribution in [0.1, 0.15) is 25.0 Å². The van der Waals surface area contributed by atoms with Crippen LogP contribution < -0.4 is 9.47 Å². The number of hydrogen-bond donors (Lipinski definition) is 0. The third kappa shape index (κ3) is 6.55. The maximum absolute atomic E-state index is 13.4. The van der Waals surface area contributed by atoms with E-state index >= 15 is 0 Å². The summed E-state index contributed by atoms with van der Waals surface area (Å²) in [5, 5.41) is 0.687. The summed E-state index contributed by atoms with van der Waals surface area (Å²) in [6, 6.07) is 25.6. The van der Waals surface area contributed by atoms with Crippen molar-refractivity contribution in [2.75, 3.05) is 20.3 Å². The highest BCUT2D eigenvalue weighted by atomic mass is 32.2. The van der Waals surface area contributed by atoms with Crippen molar-refractivity contribution in [1.29, 1.82) is 0 Å². The molecule has 0 bridgehead atoms. The van der Waals surface area contributed by atoms with Crippen molar-refractivity contribution in [2.45, 2.75) is 20.3 Å². The summed E-state index contributed by atoms with van der Waals surface area (Å²) in [4.78, 5) is 20.6. The molecule has 1 aliphatic heterocycles. The van der Waals surface area contributed by atoms with Crippen molar-refractivity contribution in [1.82, 2.24) is 4.90 Å². The van der Waals surface area contributed by atoms with Crippen LogP contribution in [0, 0.1) is 5.92 Å². The van der Waals surface area contributed by atoms with Gasteiger partial charge in [-0.25, -0.2) is 4.99 Å². The number of methoxy groups -OCH3 is 1. The second-order valence-corrected chi connectivity index (χ2v) is 9.66. The molecule has 0 radical (unpaired) electrons. The Morgan fingerprint density at radius 3 is 2.37 bits per heavy atom. The fourth-order valence-corrected chi connectivity index (χ4v) is 4.61. The lowest BCUT2D eigenvalue weighted by molar-refractivity contribution is -0.122. The molecule has 6 heteroatoms. The van der Waals surface area contributed by atoms with E-state index in [-0.39, 0.29) is 5.91 Å². The molecule has 0 saturated carbocycles. The Hall–Kier alpha value is -3.51. The van der Waals surface area contributed by atoms with Gasteiger partial charge in [0, 0.05) is 6.54 Å². The molecular formula is C29H30N2O3S. The van der Waals surface area contributed by atoms with Crippen LogP contribution in [0.2, 0.25) is 0 Å². The molecule has 4 rings (SSSR count). The van der Waals surface area contributed by atoms with Gasteiger partial charge in [-0.15, -0.1) is 0 Å². The zero-order valence-electron chi connectivity index (χ0n) is 20.3. The van der Waals surface area contributed by atoms with Crippen LogP contribution in [0.4, 0.5) is 5.69 Å². The molecule has 1 aliphatic rings. The Morgan fingerprint density at radius 2 is 1.69 bits per heavy atom. The highest BCUT2D eigenvalue weighted by Gasteiger charge is 2.33. The van der Waals surface area contributed by atoms with E-state index in [0.717, 1.165) is 17.7 Å². The monoisotopic (exact) mass is 486 g/mol. The van der Waals surface area contributed by atoms with E-state index in [2.05, 4.69) is 26.0 Å². The van der Waals surface area contributed by atoms with Gasteiger partial charge in [-0.2, -0.15) is 0 Å². The topological polar surface area (TPSA) is 51.1 Å². The molecule has 0 atom stereocenters. The Kier molecular flexibility index (Phi) is 8.27. The van der Waals surface area contributed by atoms with E-state index in [9.17, 15) is 4.79 Å². The van der Waals surface area contributed by atoms with Crippen molar-refractivity contribution in [2.24, 2.45) is 10.9 Å². The fraction of sp³-hybridized carbons (Fsp3) is 0.241. The van der Waals surface area contributed by atoms with Crippen molar-refractivity contribution in [3.8, 4) is 11.5 Å². The number of para-hydroxylation sites is 1. The summed E-state index contributed by atoms with van der Waals surface area (Å²) in [5.41, 5.74) is 2.88. The van der Waals surface area contributed by atoms with Crippen molar-refractivity contribution < 1.29 is 14.3 Å². The minimum atomic E-state index is -0.0419. The highest BCUT2D eigenvalue weighted by Crippen LogP contribution is 2.36. The first-order chi connectivity index (χ1) is 17.0. The Morgan fingerprint density at radius 1 is 0.971 bits per heavy atom. The molecule has 3 aromatic rings. The number of amides is 1. The van der Waals surface area contributed by atoms with E-state index in [1.165, 1.54) is 17.3 Å². The van der Waals surface area contributed by atoms with Crippen LogP contribution in [-0.2, 0) is 11.2 Å². The first-order valence-electron chi connectivity index (χ1n) is 11.7. The Bertz CT molecular complexity index is 1210. The molecule has 5 nitrogen and oxygen atoms in total. The number of nitrogens with zero attached hydrogens (tertiary/aromatic N) is 2. The lowest BCUT2D eigenvalue weighted by atomic mass is 10.1. The van der Waals surface area contributed by atoms with Crippen LogP contribution in [-0.4, -0.2) is 36.2 Å². The van der Waals surface area contributed by atoms with E-state index < -0.39 is 0 Å². The predicted octanol–water partition coefficient (Wildman–Crippen LogP) is 6.58. The number of carbonyl (C=O) groups is 1. The van der Waals surface area contributed by atoms with E-state index in [1.54, 1.807) is 12.0 Å². The largest absolute Gasteiger partial charge is 0.493 e. The van der Waals surface area contributed by atoms with Gasteiger partial charge in [0.2, 0.25) is 0 Å². The van der Waals surface area contributed by atoms with Gasteiger partial charge in [-0.05, 0) is 65.6 Å². The van der Waals surface area contributed by atoms with E-state index in [4.69, 9.17) is 14.5 Å². The minimum absolute atomic E-state index is 0.0419. The van der Waals surface area contributed by atoms with E-state index in [0.29, 0.717) is 40.6 Å². The lowest BCUT2D eigenvalue weighted by Gasteiger charge is -2.15. The SMILES string of the molecule is COc1cc(/C=C2/SC(=Nc3ccccc3)N(CCc3ccccc3)C2=O)ccc1OCC(C)C. The number of hydrogen-bond acceptors (Lipinski definition) is 5. The Labute approximate surface area is 211 Å². The third-order valence-electron chi connectivity index (χ3n) is 5.39. The molecule has 1 saturated heterocycles. The van der Waals surface area contributed by atoms with Gasteiger partial charge >= 0.3 is 0 Å². The maximum atomic E-state index is 13.4. The molecule has 1 heterocycles. The summed E-state index contributed by atoms with van der Waals surface area (Å²) < 4.78 is 11.4. The third-order valence-corrected chi connectivity index (χ3v) is 6.40. The minimum Gasteiger partial charge on any atom is -0.493 e. The standard InChI is InChI=1S/C29H30N2O3S/c1-21(2)20-34-25-15-14-23(18-26(25)33-3)19-27-28(32)31(17-16-22-10-6-4-7-11-22)29(35-27)30-24-12-8-5-9-13-24/h4-15,18-19,21H,16-17,20H2,1-3H3/b27-19+,30-29?. The number of amidine groups is 1.